The highest BCUT2D eigenvalue weighted by atomic mass is 79.9. The SMILES string of the molecule is Brc1cccc2ccc(-c3nc4ccccc4[nH]3)cc12. The molecule has 96 valence electrons. The highest BCUT2D eigenvalue weighted by Crippen LogP contribution is 2.29. The quantitative estimate of drug-likeness (QED) is 0.516. The third kappa shape index (κ3) is 1.82. The van der Waals surface area contributed by atoms with Crippen LogP contribution in [0.4, 0.5) is 0 Å². The van der Waals surface area contributed by atoms with Crippen molar-refractivity contribution in [3.63, 3.8) is 0 Å². The molecule has 0 spiro atoms. The molecule has 0 bridgehead atoms. The van der Waals surface area contributed by atoms with E-state index in [0.717, 1.165) is 26.9 Å². The van der Waals surface area contributed by atoms with Crippen molar-refractivity contribution in [1.29, 1.82) is 0 Å². The number of nitrogens with one attached hydrogen (secondary N) is 1. The normalized spacial score (nSPS) is 11.2. The Morgan fingerprint density at radius 2 is 1.80 bits per heavy atom. The van der Waals surface area contributed by atoms with Crippen LogP contribution in [-0.4, -0.2) is 9.97 Å². The second kappa shape index (κ2) is 4.46. The number of nitrogens with zero attached hydrogens (tertiary/aromatic N) is 1. The van der Waals surface area contributed by atoms with Crippen LogP contribution < -0.4 is 0 Å². The Bertz CT molecular complexity index is 891. The molecule has 0 amide bonds. The molecule has 3 aromatic carbocycles. The van der Waals surface area contributed by atoms with Crippen LogP contribution in [0.5, 0.6) is 0 Å². The van der Waals surface area contributed by atoms with E-state index in [4.69, 9.17) is 0 Å². The molecule has 1 aromatic heterocycles. The summed E-state index contributed by atoms with van der Waals surface area (Å²) in [6.07, 6.45) is 0. The number of benzene rings is 3. The molecule has 4 rings (SSSR count). The predicted octanol–water partition coefficient (Wildman–Crippen LogP) is 5.15. The fourth-order valence-electron chi connectivity index (χ4n) is 2.47. The van der Waals surface area contributed by atoms with Crippen molar-refractivity contribution in [2.75, 3.05) is 0 Å². The monoisotopic (exact) mass is 322 g/mol. The summed E-state index contributed by atoms with van der Waals surface area (Å²) >= 11 is 3.61. The molecule has 20 heavy (non-hydrogen) atoms. The summed E-state index contributed by atoms with van der Waals surface area (Å²) in [5, 5.41) is 2.42. The molecular formula is C17H11BrN2. The van der Waals surface area contributed by atoms with Gasteiger partial charge in [-0.05, 0) is 35.0 Å². The number of aromatic nitrogens is 2. The van der Waals surface area contributed by atoms with E-state index in [2.05, 4.69) is 56.2 Å². The Balaban J connectivity index is 1.95. The van der Waals surface area contributed by atoms with Gasteiger partial charge >= 0.3 is 0 Å². The van der Waals surface area contributed by atoms with Gasteiger partial charge in [-0.15, -0.1) is 0 Å². The van der Waals surface area contributed by atoms with Gasteiger partial charge in [0, 0.05) is 10.0 Å². The number of hydrogen-bond acceptors (Lipinski definition) is 1. The molecule has 0 radical (unpaired) electrons. The molecule has 2 nitrogen and oxygen atoms in total. The van der Waals surface area contributed by atoms with Gasteiger partial charge in [-0.3, -0.25) is 0 Å². The minimum atomic E-state index is 0.906. The van der Waals surface area contributed by atoms with Gasteiger partial charge in [0.05, 0.1) is 11.0 Å². The second-order valence-corrected chi connectivity index (χ2v) is 5.63. The number of aromatic amines is 1. The van der Waals surface area contributed by atoms with Crippen molar-refractivity contribution in [1.82, 2.24) is 9.97 Å². The maximum absolute atomic E-state index is 4.65. The molecular weight excluding hydrogens is 312 g/mol. The van der Waals surface area contributed by atoms with Crippen LogP contribution in [0.3, 0.4) is 0 Å². The summed E-state index contributed by atoms with van der Waals surface area (Å²) in [7, 11) is 0. The molecule has 3 heteroatoms. The molecule has 0 saturated carbocycles. The molecule has 0 atom stereocenters. The Kier molecular flexibility index (Phi) is 2.60. The predicted molar refractivity (Wildman–Crippen MR) is 86.7 cm³/mol. The van der Waals surface area contributed by atoms with E-state index in [-0.39, 0.29) is 0 Å². The fraction of sp³-hybridized carbons (Fsp3) is 0. The van der Waals surface area contributed by atoms with E-state index in [1.54, 1.807) is 0 Å². The molecule has 0 unspecified atom stereocenters. The summed E-state index contributed by atoms with van der Waals surface area (Å²) in [6.45, 7) is 0. The summed E-state index contributed by atoms with van der Waals surface area (Å²) in [5.41, 5.74) is 3.16. The highest BCUT2D eigenvalue weighted by molar-refractivity contribution is 9.10. The zero-order valence-electron chi connectivity index (χ0n) is 10.6. The van der Waals surface area contributed by atoms with E-state index in [1.165, 1.54) is 10.8 Å². The molecule has 1 N–H and O–H groups in total. The third-order valence-corrected chi connectivity index (χ3v) is 4.18. The maximum Gasteiger partial charge on any atom is 0.138 e. The van der Waals surface area contributed by atoms with E-state index >= 15 is 0 Å². The van der Waals surface area contributed by atoms with E-state index in [9.17, 15) is 0 Å². The van der Waals surface area contributed by atoms with Crippen LogP contribution in [0.25, 0.3) is 33.2 Å². The molecule has 0 saturated heterocycles. The molecule has 4 aromatic rings. The number of para-hydroxylation sites is 2. The maximum atomic E-state index is 4.65. The zero-order chi connectivity index (χ0) is 13.5. The third-order valence-electron chi connectivity index (χ3n) is 3.49. The van der Waals surface area contributed by atoms with Gasteiger partial charge in [-0.25, -0.2) is 4.98 Å². The Labute approximate surface area is 124 Å². The summed E-state index contributed by atoms with van der Waals surface area (Å²) < 4.78 is 1.10. The lowest BCUT2D eigenvalue weighted by Crippen LogP contribution is -1.82. The van der Waals surface area contributed by atoms with Crippen molar-refractivity contribution in [2.24, 2.45) is 0 Å². The van der Waals surface area contributed by atoms with Crippen molar-refractivity contribution < 1.29 is 0 Å². The largest absolute Gasteiger partial charge is 0.338 e. The van der Waals surface area contributed by atoms with Gasteiger partial charge in [0.2, 0.25) is 0 Å². The number of fused-ring (bicyclic) bond motifs is 2. The van der Waals surface area contributed by atoms with Crippen molar-refractivity contribution in [3.05, 3.63) is 65.1 Å². The first kappa shape index (κ1) is 11.7. The van der Waals surface area contributed by atoms with Gasteiger partial charge in [-0.1, -0.05) is 52.3 Å². The second-order valence-electron chi connectivity index (χ2n) is 4.78. The Morgan fingerprint density at radius 1 is 0.900 bits per heavy atom. The highest BCUT2D eigenvalue weighted by Gasteiger charge is 2.06. The van der Waals surface area contributed by atoms with E-state index in [0.29, 0.717) is 0 Å². The van der Waals surface area contributed by atoms with Gasteiger partial charge < -0.3 is 4.98 Å². The number of rotatable bonds is 1. The first-order valence-corrected chi connectivity index (χ1v) is 7.24. The van der Waals surface area contributed by atoms with Crippen LogP contribution in [-0.2, 0) is 0 Å². The minimum absolute atomic E-state index is 0.906. The summed E-state index contributed by atoms with van der Waals surface area (Å²) in [6, 6.07) is 20.7. The van der Waals surface area contributed by atoms with Gasteiger partial charge in [0.1, 0.15) is 5.82 Å². The Morgan fingerprint density at radius 3 is 2.70 bits per heavy atom. The lowest BCUT2D eigenvalue weighted by atomic mass is 10.1. The van der Waals surface area contributed by atoms with E-state index < -0.39 is 0 Å². The minimum Gasteiger partial charge on any atom is -0.338 e. The number of H-pyrrole nitrogens is 1. The average Bonchev–Trinajstić information content (AvgIpc) is 2.91. The van der Waals surface area contributed by atoms with Crippen LogP contribution in [0.1, 0.15) is 0 Å². The van der Waals surface area contributed by atoms with Crippen LogP contribution in [0.2, 0.25) is 0 Å². The van der Waals surface area contributed by atoms with E-state index in [1.807, 2.05) is 30.3 Å². The average molecular weight is 323 g/mol. The van der Waals surface area contributed by atoms with Gasteiger partial charge in [0.15, 0.2) is 0 Å². The molecule has 0 aliphatic heterocycles. The topological polar surface area (TPSA) is 28.7 Å². The van der Waals surface area contributed by atoms with Crippen LogP contribution >= 0.6 is 15.9 Å². The standard InChI is InChI=1S/C17H11BrN2/c18-14-5-3-4-11-8-9-12(10-13(11)14)17-19-15-6-1-2-7-16(15)20-17/h1-10H,(H,19,20). The molecule has 0 aliphatic rings. The lowest BCUT2D eigenvalue weighted by molar-refractivity contribution is 1.34. The lowest BCUT2D eigenvalue weighted by Gasteiger charge is -2.03. The first-order chi connectivity index (χ1) is 9.81. The smallest absolute Gasteiger partial charge is 0.138 e. The fourth-order valence-corrected chi connectivity index (χ4v) is 2.97. The molecule has 0 aliphatic carbocycles. The number of imidazole rings is 1. The van der Waals surface area contributed by atoms with Crippen molar-refractivity contribution in [2.45, 2.75) is 0 Å². The van der Waals surface area contributed by atoms with Crippen LogP contribution in [0.15, 0.2) is 65.1 Å². The first-order valence-electron chi connectivity index (χ1n) is 6.45. The molecule has 1 heterocycles. The zero-order valence-corrected chi connectivity index (χ0v) is 12.2. The molecule has 0 fully saturated rings. The van der Waals surface area contributed by atoms with Crippen molar-refractivity contribution >= 4 is 37.7 Å². The van der Waals surface area contributed by atoms with Gasteiger partial charge in [0.25, 0.3) is 0 Å². The number of hydrogen-bond donors (Lipinski definition) is 1. The Hall–Kier alpha value is -2.13. The van der Waals surface area contributed by atoms with Gasteiger partial charge in [-0.2, -0.15) is 0 Å². The summed E-state index contributed by atoms with van der Waals surface area (Å²) in [5.74, 6) is 0.906. The number of halogens is 1. The van der Waals surface area contributed by atoms with Crippen LogP contribution in [0, 0.1) is 0 Å². The van der Waals surface area contributed by atoms with Crippen molar-refractivity contribution in [3.8, 4) is 11.4 Å². The summed E-state index contributed by atoms with van der Waals surface area (Å²) in [4.78, 5) is 8.02.